The van der Waals surface area contributed by atoms with Crippen LogP contribution in [-0.2, 0) is 22.0 Å². The highest BCUT2D eigenvalue weighted by Gasteiger charge is 2.37. The SMILES string of the molecule is C=C(O)c1ccc(/C=C/c2cc3c(cc2CCCOC)C(C)(C)CCC3(C)C)cc1. The van der Waals surface area contributed by atoms with E-state index in [1.165, 1.54) is 35.1 Å². The number of fused-ring (bicyclic) bond motifs is 1. The number of aryl methyl sites for hydroxylation is 1. The van der Waals surface area contributed by atoms with Crippen molar-refractivity contribution in [3.05, 3.63) is 76.4 Å². The molecule has 0 amide bonds. The molecule has 2 aromatic rings. The number of rotatable bonds is 7. The number of ether oxygens (including phenoxy) is 1. The van der Waals surface area contributed by atoms with E-state index in [1.54, 1.807) is 7.11 Å². The van der Waals surface area contributed by atoms with Gasteiger partial charge in [0.15, 0.2) is 0 Å². The zero-order chi connectivity index (χ0) is 21.9. The standard InChI is InChI=1S/C28H36O2/c1-20(29)22-12-9-21(10-13-22)11-14-24-19-26-25(18-23(24)8-7-17-30-6)27(2,3)15-16-28(26,4)5/h9-14,18-19,29H,1,7-8,15-17H2,2-6H3/b14-11+. The van der Waals surface area contributed by atoms with Gasteiger partial charge in [-0.25, -0.2) is 0 Å². The highest BCUT2D eigenvalue weighted by Crippen LogP contribution is 2.46. The predicted molar refractivity (Wildman–Crippen MR) is 129 cm³/mol. The molecule has 2 heteroatoms. The number of hydrogen-bond donors (Lipinski definition) is 1. The molecule has 1 N–H and O–H groups in total. The lowest BCUT2D eigenvalue weighted by molar-refractivity contribution is 0.195. The van der Waals surface area contributed by atoms with E-state index < -0.39 is 0 Å². The highest BCUT2D eigenvalue weighted by molar-refractivity contribution is 5.73. The first-order valence-corrected chi connectivity index (χ1v) is 11.0. The zero-order valence-electron chi connectivity index (χ0n) is 19.2. The zero-order valence-corrected chi connectivity index (χ0v) is 19.2. The Morgan fingerprint density at radius 2 is 1.60 bits per heavy atom. The molecular weight excluding hydrogens is 368 g/mol. The van der Waals surface area contributed by atoms with Gasteiger partial charge in [-0.2, -0.15) is 0 Å². The molecule has 0 unspecified atom stereocenters. The third-order valence-corrected chi connectivity index (χ3v) is 6.61. The first kappa shape index (κ1) is 22.4. The van der Waals surface area contributed by atoms with Crippen molar-refractivity contribution >= 4 is 17.9 Å². The van der Waals surface area contributed by atoms with E-state index in [0.29, 0.717) is 0 Å². The van der Waals surface area contributed by atoms with Gasteiger partial charge < -0.3 is 9.84 Å². The Bertz CT molecular complexity index is 930. The number of aliphatic hydroxyl groups excluding tert-OH is 1. The largest absolute Gasteiger partial charge is 0.508 e. The molecule has 0 aliphatic heterocycles. The summed E-state index contributed by atoms with van der Waals surface area (Å²) in [5, 5.41) is 9.54. The van der Waals surface area contributed by atoms with E-state index in [-0.39, 0.29) is 16.6 Å². The molecule has 0 spiro atoms. The maximum absolute atomic E-state index is 9.54. The minimum absolute atomic E-state index is 0.102. The maximum Gasteiger partial charge on any atom is 0.115 e. The van der Waals surface area contributed by atoms with Crippen molar-refractivity contribution in [2.45, 2.75) is 64.2 Å². The second kappa shape index (κ2) is 8.81. The van der Waals surface area contributed by atoms with Crippen molar-refractivity contribution in [1.29, 1.82) is 0 Å². The fraction of sp³-hybridized carbons (Fsp3) is 0.429. The van der Waals surface area contributed by atoms with Crippen LogP contribution in [0.5, 0.6) is 0 Å². The van der Waals surface area contributed by atoms with Crippen LogP contribution in [-0.4, -0.2) is 18.8 Å². The van der Waals surface area contributed by atoms with Gasteiger partial charge in [0, 0.05) is 19.3 Å². The van der Waals surface area contributed by atoms with Crippen molar-refractivity contribution in [2.24, 2.45) is 0 Å². The van der Waals surface area contributed by atoms with Gasteiger partial charge >= 0.3 is 0 Å². The first-order chi connectivity index (χ1) is 14.1. The van der Waals surface area contributed by atoms with Crippen LogP contribution in [0.4, 0.5) is 0 Å². The van der Waals surface area contributed by atoms with E-state index in [0.717, 1.165) is 30.6 Å². The summed E-state index contributed by atoms with van der Waals surface area (Å²) in [6, 6.07) is 12.7. The van der Waals surface area contributed by atoms with Crippen molar-refractivity contribution < 1.29 is 9.84 Å². The lowest BCUT2D eigenvalue weighted by Gasteiger charge is -2.42. The van der Waals surface area contributed by atoms with Crippen molar-refractivity contribution in [3.63, 3.8) is 0 Å². The number of methoxy groups -OCH3 is 1. The Balaban J connectivity index is 2.01. The van der Waals surface area contributed by atoms with Gasteiger partial charge in [0.2, 0.25) is 0 Å². The third kappa shape index (κ3) is 4.87. The number of benzene rings is 2. The van der Waals surface area contributed by atoms with Crippen LogP contribution in [0.1, 0.15) is 80.3 Å². The minimum Gasteiger partial charge on any atom is -0.508 e. The molecule has 0 radical (unpaired) electrons. The molecule has 0 saturated heterocycles. The van der Waals surface area contributed by atoms with Gasteiger partial charge in [0.1, 0.15) is 5.76 Å². The monoisotopic (exact) mass is 404 g/mol. The minimum atomic E-state index is 0.102. The Morgan fingerprint density at radius 1 is 1.00 bits per heavy atom. The summed E-state index contributed by atoms with van der Waals surface area (Å²) in [5.41, 5.74) is 7.97. The smallest absolute Gasteiger partial charge is 0.115 e. The number of aliphatic hydroxyl groups is 1. The second-order valence-electron chi connectivity index (χ2n) is 9.86. The molecule has 0 aromatic heterocycles. The summed E-state index contributed by atoms with van der Waals surface area (Å²) in [4.78, 5) is 0. The fourth-order valence-electron chi connectivity index (χ4n) is 4.43. The molecule has 2 aromatic carbocycles. The van der Waals surface area contributed by atoms with E-state index in [4.69, 9.17) is 4.74 Å². The molecular formula is C28H36O2. The van der Waals surface area contributed by atoms with Gasteiger partial charge in [0.05, 0.1) is 0 Å². The number of hydrogen-bond acceptors (Lipinski definition) is 2. The van der Waals surface area contributed by atoms with Crippen LogP contribution in [0.2, 0.25) is 0 Å². The molecule has 0 atom stereocenters. The van der Waals surface area contributed by atoms with Crippen LogP contribution in [0.25, 0.3) is 17.9 Å². The molecule has 30 heavy (non-hydrogen) atoms. The lowest BCUT2D eigenvalue weighted by Crippen LogP contribution is -2.34. The molecule has 1 aliphatic carbocycles. The van der Waals surface area contributed by atoms with Crippen LogP contribution in [0, 0.1) is 0 Å². The summed E-state index contributed by atoms with van der Waals surface area (Å²) < 4.78 is 5.30. The van der Waals surface area contributed by atoms with Crippen molar-refractivity contribution in [2.75, 3.05) is 13.7 Å². The van der Waals surface area contributed by atoms with E-state index >= 15 is 0 Å². The van der Waals surface area contributed by atoms with Crippen LogP contribution < -0.4 is 0 Å². The van der Waals surface area contributed by atoms with Crippen LogP contribution in [0.15, 0.2) is 43.0 Å². The summed E-state index contributed by atoms with van der Waals surface area (Å²) in [6.45, 7) is 13.9. The Morgan fingerprint density at radius 3 is 2.17 bits per heavy atom. The van der Waals surface area contributed by atoms with Crippen LogP contribution in [0.3, 0.4) is 0 Å². The Hall–Kier alpha value is -2.32. The van der Waals surface area contributed by atoms with E-state index in [2.05, 4.69) is 58.6 Å². The lowest BCUT2D eigenvalue weighted by atomic mass is 9.62. The molecule has 0 fully saturated rings. The Labute approximate surface area is 182 Å². The van der Waals surface area contributed by atoms with Gasteiger partial charge in [-0.15, -0.1) is 0 Å². The molecule has 0 heterocycles. The van der Waals surface area contributed by atoms with Gasteiger partial charge in [-0.3, -0.25) is 0 Å². The average Bonchev–Trinajstić information content (AvgIpc) is 2.70. The first-order valence-electron chi connectivity index (χ1n) is 11.0. The van der Waals surface area contributed by atoms with Crippen molar-refractivity contribution in [3.8, 4) is 0 Å². The second-order valence-corrected chi connectivity index (χ2v) is 9.86. The summed E-state index contributed by atoms with van der Waals surface area (Å²) in [7, 11) is 1.77. The summed E-state index contributed by atoms with van der Waals surface area (Å²) in [5.74, 6) is 0.102. The molecule has 2 nitrogen and oxygen atoms in total. The topological polar surface area (TPSA) is 29.5 Å². The maximum atomic E-state index is 9.54. The average molecular weight is 405 g/mol. The molecule has 0 saturated carbocycles. The summed E-state index contributed by atoms with van der Waals surface area (Å²) in [6.07, 6.45) is 8.87. The Kier molecular flexibility index (Phi) is 6.57. The highest BCUT2D eigenvalue weighted by atomic mass is 16.5. The van der Waals surface area contributed by atoms with Crippen LogP contribution >= 0.6 is 0 Å². The van der Waals surface area contributed by atoms with E-state index in [9.17, 15) is 5.11 Å². The predicted octanol–water partition coefficient (Wildman–Crippen LogP) is 7.31. The third-order valence-electron chi connectivity index (χ3n) is 6.61. The quantitative estimate of drug-likeness (QED) is 0.298. The summed E-state index contributed by atoms with van der Waals surface area (Å²) >= 11 is 0. The van der Waals surface area contributed by atoms with Gasteiger partial charge in [-0.05, 0) is 64.3 Å². The molecule has 1 aliphatic rings. The fourth-order valence-corrected chi connectivity index (χ4v) is 4.43. The molecule has 0 bridgehead atoms. The molecule has 160 valence electrons. The van der Waals surface area contributed by atoms with Crippen molar-refractivity contribution in [1.82, 2.24) is 0 Å². The van der Waals surface area contributed by atoms with Gasteiger partial charge in [-0.1, -0.05) is 82.8 Å². The van der Waals surface area contributed by atoms with E-state index in [1.807, 2.05) is 24.3 Å². The van der Waals surface area contributed by atoms with Gasteiger partial charge in [0.25, 0.3) is 0 Å². The molecule has 3 rings (SSSR count). The normalized spacial score (nSPS) is 17.1.